The number of benzene rings is 2. The number of imide groups is 1. The number of carbonyl (C=O) groups excluding carboxylic acids is 2. The Hall–Kier alpha value is -3.36. The van der Waals surface area contributed by atoms with Crippen molar-refractivity contribution in [1.82, 2.24) is 10.3 Å². The molecule has 176 valence electrons. The fourth-order valence-electron chi connectivity index (χ4n) is 3.27. The van der Waals surface area contributed by atoms with Gasteiger partial charge < -0.3 is 9.57 Å². The lowest BCUT2D eigenvalue weighted by molar-refractivity contribution is -0.118. The summed E-state index contributed by atoms with van der Waals surface area (Å²) in [6.07, 6.45) is 2.28. The second-order valence-electron chi connectivity index (χ2n) is 7.38. The standard InChI is InChI=1S/C25H23N3O4S.ClH/c1-17(19-7-9-20(10-8-19)22-4-2-3-13-26-22)28-32-15-14-31-21-11-5-18(6-12-21)16-23-24(29)27-25(30)33-23;/h2-13,23H,14-16H2,1H3,(H,27,29,30);1H. The molecule has 1 saturated heterocycles. The number of thioether (sulfide) groups is 1. The third kappa shape index (κ3) is 6.82. The Kier molecular flexibility index (Phi) is 9.07. The van der Waals surface area contributed by atoms with Gasteiger partial charge in [0.2, 0.25) is 5.91 Å². The summed E-state index contributed by atoms with van der Waals surface area (Å²) in [6.45, 7) is 2.56. The lowest BCUT2D eigenvalue weighted by Crippen LogP contribution is -2.25. The van der Waals surface area contributed by atoms with Crippen molar-refractivity contribution in [1.29, 1.82) is 0 Å². The van der Waals surface area contributed by atoms with E-state index < -0.39 is 0 Å². The van der Waals surface area contributed by atoms with E-state index in [-0.39, 0.29) is 28.8 Å². The molecular formula is C25H24ClN3O4S. The topological polar surface area (TPSA) is 89.9 Å². The van der Waals surface area contributed by atoms with Gasteiger partial charge in [0.15, 0.2) is 6.61 Å². The minimum Gasteiger partial charge on any atom is -0.490 e. The van der Waals surface area contributed by atoms with E-state index in [9.17, 15) is 9.59 Å². The average Bonchev–Trinajstić information content (AvgIpc) is 3.16. The molecule has 9 heteroatoms. The lowest BCUT2D eigenvalue weighted by Gasteiger charge is -2.08. The van der Waals surface area contributed by atoms with Crippen LogP contribution in [-0.4, -0.2) is 40.3 Å². The van der Waals surface area contributed by atoms with Crippen LogP contribution in [-0.2, 0) is 16.1 Å². The van der Waals surface area contributed by atoms with Gasteiger partial charge in [0.05, 0.1) is 16.7 Å². The fraction of sp³-hybridized carbons (Fsp3) is 0.200. The summed E-state index contributed by atoms with van der Waals surface area (Å²) in [6, 6.07) is 21.3. The first-order valence-corrected chi connectivity index (χ1v) is 11.4. The second kappa shape index (κ2) is 12.2. The molecule has 0 spiro atoms. The fourth-order valence-corrected chi connectivity index (χ4v) is 4.13. The Balaban J connectivity index is 0.00000324. The molecule has 0 aliphatic carbocycles. The molecule has 4 rings (SSSR count). The zero-order valence-corrected chi connectivity index (χ0v) is 20.1. The lowest BCUT2D eigenvalue weighted by atomic mass is 10.1. The number of pyridine rings is 1. The molecule has 1 aromatic heterocycles. The van der Waals surface area contributed by atoms with Crippen LogP contribution >= 0.6 is 24.2 Å². The van der Waals surface area contributed by atoms with Gasteiger partial charge in [0.25, 0.3) is 5.24 Å². The number of nitrogens with one attached hydrogen (secondary N) is 1. The van der Waals surface area contributed by atoms with Gasteiger partial charge >= 0.3 is 0 Å². The summed E-state index contributed by atoms with van der Waals surface area (Å²) in [5, 5.41) is 5.81. The van der Waals surface area contributed by atoms with Gasteiger partial charge in [-0.05, 0) is 48.7 Å². The molecule has 1 aliphatic rings. The van der Waals surface area contributed by atoms with Crippen LogP contribution in [0.4, 0.5) is 4.79 Å². The highest BCUT2D eigenvalue weighted by Gasteiger charge is 2.31. The third-order valence-corrected chi connectivity index (χ3v) is 6.00. The van der Waals surface area contributed by atoms with E-state index >= 15 is 0 Å². The van der Waals surface area contributed by atoms with Gasteiger partial charge in [-0.25, -0.2) is 0 Å². The molecule has 1 fully saturated rings. The van der Waals surface area contributed by atoms with Gasteiger partial charge in [-0.15, -0.1) is 12.4 Å². The van der Waals surface area contributed by atoms with E-state index in [1.54, 1.807) is 6.20 Å². The average molecular weight is 498 g/mol. The molecule has 2 amide bonds. The zero-order chi connectivity index (χ0) is 23.0. The number of hydrogen-bond acceptors (Lipinski definition) is 7. The Morgan fingerprint density at radius 3 is 2.44 bits per heavy atom. The largest absolute Gasteiger partial charge is 0.490 e. The van der Waals surface area contributed by atoms with Crippen molar-refractivity contribution in [3.05, 3.63) is 84.1 Å². The van der Waals surface area contributed by atoms with E-state index in [1.165, 1.54) is 0 Å². The number of halogens is 1. The van der Waals surface area contributed by atoms with Crippen LogP contribution in [0, 0.1) is 0 Å². The first-order valence-electron chi connectivity index (χ1n) is 10.5. The maximum absolute atomic E-state index is 11.7. The summed E-state index contributed by atoms with van der Waals surface area (Å²) in [7, 11) is 0. The number of aromatic nitrogens is 1. The summed E-state index contributed by atoms with van der Waals surface area (Å²) in [5.41, 5.74) is 4.70. The molecular weight excluding hydrogens is 474 g/mol. The van der Waals surface area contributed by atoms with Gasteiger partial charge in [-0.3, -0.25) is 19.9 Å². The van der Waals surface area contributed by atoms with Gasteiger partial charge in [0, 0.05) is 11.8 Å². The number of nitrogens with zero attached hydrogens (tertiary/aromatic N) is 2. The normalized spacial score (nSPS) is 15.4. The van der Waals surface area contributed by atoms with Gasteiger partial charge in [-0.1, -0.05) is 59.4 Å². The van der Waals surface area contributed by atoms with E-state index in [1.807, 2.05) is 73.7 Å². The summed E-state index contributed by atoms with van der Waals surface area (Å²) < 4.78 is 5.68. The van der Waals surface area contributed by atoms with E-state index in [2.05, 4.69) is 15.5 Å². The molecule has 1 unspecified atom stereocenters. The molecule has 2 heterocycles. The zero-order valence-electron chi connectivity index (χ0n) is 18.5. The number of amides is 2. The quantitative estimate of drug-likeness (QED) is 0.257. The predicted molar refractivity (Wildman–Crippen MR) is 136 cm³/mol. The van der Waals surface area contributed by atoms with Crippen LogP contribution in [0.2, 0.25) is 0 Å². The van der Waals surface area contributed by atoms with Crippen LogP contribution in [0.25, 0.3) is 11.3 Å². The molecule has 0 bridgehead atoms. The maximum atomic E-state index is 11.7. The SMILES string of the molecule is CC(=NOCCOc1ccc(CC2SC(=O)NC2=O)cc1)c1ccc(-c2ccccn2)cc1.Cl. The van der Waals surface area contributed by atoms with Crippen molar-refractivity contribution in [3.63, 3.8) is 0 Å². The first kappa shape index (κ1) is 25.3. The highest BCUT2D eigenvalue weighted by molar-refractivity contribution is 8.15. The van der Waals surface area contributed by atoms with E-state index in [4.69, 9.17) is 9.57 Å². The minimum absolute atomic E-state index is 0. The first-order chi connectivity index (χ1) is 16.1. The van der Waals surface area contributed by atoms with Crippen LogP contribution in [0.15, 0.2) is 78.1 Å². The molecule has 7 nitrogen and oxygen atoms in total. The highest BCUT2D eigenvalue weighted by atomic mass is 35.5. The van der Waals surface area contributed by atoms with E-state index in [0.717, 1.165) is 39.9 Å². The molecule has 1 atom stereocenters. The smallest absolute Gasteiger partial charge is 0.286 e. The Labute approximate surface area is 208 Å². The number of carbonyl (C=O) groups is 2. The summed E-state index contributed by atoms with van der Waals surface area (Å²) in [4.78, 5) is 32.7. The number of hydrogen-bond donors (Lipinski definition) is 1. The van der Waals surface area contributed by atoms with Crippen molar-refractivity contribution < 1.29 is 19.2 Å². The number of ether oxygens (including phenoxy) is 1. The van der Waals surface area contributed by atoms with Gasteiger partial charge in [0.1, 0.15) is 12.4 Å². The predicted octanol–water partition coefficient (Wildman–Crippen LogP) is 4.88. The van der Waals surface area contributed by atoms with Crippen molar-refractivity contribution >= 4 is 41.0 Å². The monoisotopic (exact) mass is 497 g/mol. The molecule has 3 aromatic rings. The van der Waals surface area contributed by atoms with Crippen molar-refractivity contribution in [2.45, 2.75) is 18.6 Å². The van der Waals surface area contributed by atoms with Crippen LogP contribution in [0.1, 0.15) is 18.1 Å². The molecule has 0 radical (unpaired) electrons. The maximum Gasteiger partial charge on any atom is 0.286 e. The second-order valence-corrected chi connectivity index (χ2v) is 8.56. The Morgan fingerprint density at radius 1 is 1.03 bits per heavy atom. The summed E-state index contributed by atoms with van der Waals surface area (Å²) >= 11 is 1.03. The number of rotatable bonds is 9. The molecule has 1 aliphatic heterocycles. The number of oxime groups is 1. The van der Waals surface area contributed by atoms with Crippen LogP contribution in [0.3, 0.4) is 0 Å². The summed E-state index contributed by atoms with van der Waals surface area (Å²) in [5.74, 6) is 0.468. The van der Waals surface area contributed by atoms with Crippen LogP contribution < -0.4 is 10.1 Å². The molecule has 2 aromatic carbocycles. The van der Waals surface area contributed by atoms with Crippen LogP contribution in [0.5, 0.6) is 5.75 Å². The minimum atomic E-state index is -0.370. The highest BCUT2D eigenvalue weighted by Crippen LogP contribution is 2.24. The van der Waals surface area contributed by atoms with Crippen molar-refractivity contribution in [2.24, 2.45) is 5.16 Å². The van der Waals surface area contributed by atoms with Gasteiger partial charge in [-0.2, -0.15) is 0 Å². The Morgan fingerprint density at radius 2 is 1.79 bits per heavy atom. The Bertz CT molecular complexity index is 1140. The van der Waals surface area contributed by atoms with Crippen molar-refractivity contribution in [3.8, 4) is 17.0 Å². The third-order valence-electron chi connectivity index (χ3n) is 5.02. The molecule has 0 saturated carbocycles. The molecule has 34 heavy (non-hydrogen) atoms. The molecule has 1 N–H and O–H groups in total. The van der Waals surface area contributed by atoms with E-state index in [0.29, 0.717) is 25.4 Å². The van der Waals surface area contributed by atoms with Crippen molar-refractivity contribution in [2.75, 3.05) is 13.2 Å².